The predicted molar refractivity (Wildman–Crippen MR) is 126 cm³/mol. The molecule has 1 N–H and O–H groups in total. The molecular formula is C24H26F3N7O2. The van der Waals surface area contributed by atoms with Gasteiger partial charge in [-0.3, -0.25) is 14.6 Å². The highest BCUT2D eigenvalue weighted by Crippen LogP contribution is 2.29. The second kappa shape index (κ2) is 10.4. The Bertz CT molecular complexity index is 1220. The molecule has 2 amide bonds. The van der Waals surface area contributed by atoms with Crippen LogP contribution in [0.1, 0.15) is 44.7 Å². The van der Waals surface area contributed by atoms with Crippen molar-refractivity contribution < 1.29 is 22.8 Å². The van der Waals surface area contributed by atoms with E-state index in [9.17, 15) is 22.8 Å². The van der Waals surface area contributed by atoms with Crippen LogP contribution in [0.25, 0.3) is 0 Å². The third-order valence-corrected chi connectivity index (χ3v) is 6.15. The van der Waals surface area contributed by atoms with Gasteiger partial charge < -0.3 is 15.1 Å². The molecule has 12 heteroatoms. The summed E-state index contributed by atoms with van der Waals surface area (Å²) in [6.07, 6.45) is -2.94. The highest BCUT2D eigenvalue weighted by molar-refractivity contribution is 6.02. The van der Waals surface area contributed by atoms with Crippen LogP contribution >= 0.6 is 0 Å². The van der Waals surface area contributed by atoms with Gasteiger partial charge in [0.2, 0.25) is 0 Å². The summed E-state index contributed by atoms with van der Waals surface area (Å²) in [6.45, 7) is 8.12. The Morgan fingerprint density at radius 1 is 1.03 bits per heavy atom. The number of alkyl halides is 3. The molecular weight excluding hydrogens is 475 g/mol. The second-order valence-electron chi connectivity index (χ2n) is 8.49. The Labute approximate surface area is 205 Å². The lowest BCUT2D eigenvalue weighted by molar-refractivity contribution is -0.137. The van der Waals surface area contributed by atoms with Gasteiger partial charge in [-0.15, -0.1) is 5.10 Å². The highest BCUT2D eigenvalue weighted by Gasteiger charge is 2.30. The van der Waals surface area contributed by atoms with E-state index in [4.69, 9.17) is 0 Å². The predicted octanol–water partition coefficient (Wildman–Crippen LogP) is 3.08. The molecule has 3 aromatic rings. The van der Waals surface area contributed by atoms with Crippen LogP contribution in [0.3, 0.4) is 0 Å². The Morgan fingerprint density at radius 2 is 1.72 bits per heavy atom. The summed E-state index contributed by atoms with van der Waals surface area (Å²) in [6, 6.07) is 7.38. The first-order valence-electron chi connectivity index (χ1n) is 11.5. The molecule has 1 aliphatic rings. The molecule has 36 heavy (non-hydrogen) atoms. The molecule has 0 atom stereocenters. The number of halogens is 3. The van der Waals surface area contributed by atoms with Gasteiger partial charge in [0.15, 0.2) is 5.69 Å². The SMILES string of the molecule is CCN1CCN(C(=O)c2nnn(Cc3ccc(C(=O)Nc4ccc(C(F)(F)F)cc4)nc3)c2C)CC1. The van der Waals surface area contributed by atoms with Gasteiger partial charge >= 0.3 is 6.18 Å². The van der Waals surface area contributed by atoms with Crippen LogP contribution in [0.15, 0.2) is 42.6 Å². The Kier molecular flexibility index (Phi) is 7.34. The van der Waals surface area contributed by atoms with Crippen LogP contribution in [-0.2, 0) is 12.7 Å². The number of hydrogen-bond donors (Lipinski definition) is 1. The molecule has 0 spiro atoms. The van der Waals surface area contributed by atoms with E-state index in [0.717, 1.165) is 37.3 Å². The fourth-order valence-electron chi connectivity index (χ4n) is 3.89. The van der Waals surface area contributed by atoms with Crippen LogP contribution in [0.4, 0.5) is 18.9 Å². The number of amides is 2. The summed E-state index contributed by atoms with van der Waals surface area (Å²) in [7, 11) is 0. The summed E-state index contributed by atoms with van der Waals surface area (Å²) in [5, 5.41) is 10.7. The van der Waals surface area contributed by atoms with Crippen LogP contribution in [-0.4, -0.2) is 74.3 Å². The molecule has 2 aromatic heterocycles. The van der Waals surface area contributed by atoms with Gasteiger partial charge in [0.25, 0.3) is 11.8 Å². The average Bonchev–Trinajstić information content (AvgIpc) is 3.23. The zero-order valence-corrected chi connectivity index (χ0v) is 19.9. The van der Waals surface area contributed by atoms with E-state index in [0.29, 0.717) is 31.0 Å². The number of pyridine rings is 1. The van der Waals surface area contributed by atoms with Crippen molar-refractivity contribution in [1.82, 2.24) is 29.8 Å². The average molecular weight is 502 g/mol. The number of nitrogens with zero attached hydrogens (tertiary/aromatic N) is 6. The van der Waals surface area contributed by atoms with Crippen molar-refractivity contribution in [2.75, 3.05) is 38.0 Å². The van der Waals surface area contributed by atoms with E-state index in [1.165, 1.54) is 24.4 Å². The van der Waals surface area contributed by atoms with Gasteiger partial charge in [0, 0.05) is 38.1 Å². The van der Waals surface area contributed by atoms with E-state index in [-0.39, 0.29) is 17.3 Å². The van der Waals surface area contributed by atoms with E-state index in [1.54, 1.807) is 22.6 Å². The standard InChI is InChI=1S/C24H26F3N7O2/c1-3-32-10-12-33(13-11-32)23(36)21-16(2)34(31-30-21)15-17-4-9-20(28-14-17)22(35)29-19-7-5-18(6-8-19)24(25,26)27/h4-9,14H,3,10-13,15H2,1-2H3,(H,29,35). The minimum absolute atomic E-state index is 0.107. The largest absolute Gasteiger partial charge is 0.416 e. The van der Waals surface area contributed by atoms with Crippen LogP contribution in [0, 0.1) is 6.92 Å². The lowest BCUT2D eigenvalue weighted by Gasteiger charge is -2.33. The van der Waals surface area contributed by atoms with Gasteiger partial charge in [-0.25, -0.2) is 4.68 Å². The molecule has 0 radical (unpaired) electrons. The van der Waals surface area contributed by atoms with Gasteiger partial charge in [0.05, 0.1) is 17.8 Å². The summed E-state index contributed by atoms with van der Waals surface area (Å²) < 4.78 is 39.7. The van der Waals surface area contributed by atoms with Crippen molar-refractivity contribution in [2.24, 2.45) is 0 Å². The van der Waals surface area contributed by atoms with Gasteiger partial charge in [-0.05, 0) is 49.4 Å². The van der Waals surface area contributed by atoms with Gasteiger partial charge in [-0.1, -0.05) is 18.2 Å². The smallest absolute Gasteiger partial charge is 0.335 e. The fourth-order valence-corrected chi connectivity index (χ4v) is 3.89. The first-order chi connectivity index (χ1) is 17.2. The molecule has 9 nitrogen and oxygen atoms in total. The van der Waals surface area contributed by atoms with Gasteiger partial charge in [0.1, 0.15) is 5.69 Å². The zero-order chi connectivity index (χ0) is 25.9. The number of hydrogen-bond acceptors (Lipinski definition) is 6. The molecule has 3 heterocycles. The lowest BCUT2D eigenvalue weighted by Crippen LogP contribution is -2.48. The quantitative estimate of drug-likeness (QED) is 0.558. The van der Waals surface area contributed by atoms with Crippen LogP contribution < -0.4 is 5.32 Å². The number of rotatable bonds is 6. The number of piperazine rings is 1. The van der Waals surface area contributed by atoms with Crippen LogP contribution in [0.2, 0.25) is 0 Å². The summed E-state index contributed by atoms with van der Waals surface area (Å²) in [5.41, 5.74) is 1.24. The van der Waals surface area contributed by atoms with E-state index in [2.05, 4.69) is 32.4 Å². The van der Waals surface area contributed by atoms with Gasteiger partial charge in [-0.2, -0.15) is 13.2 Å². The first kappa shape index (κ1) is 25.3. The van der Waals surface area contributed by atoms with E-state index < -0.39 is 17.6 Å². The van der Waals surface area contributed by atoms with Crippen molar-refractivity contribution in [3.63, 3.8) is 0 Å². The first-order valence-corrected chi connectivity index (χ1v) is 11.5. The molecule has 4 rings (SSSR count). The van der Waals surface area contributed by atoms with Crippen molar-refractivity contribution >= 4 is 17.5 Å². The number of aromatic nitrogens is 4. The van der Waals surface area contributed by atoms with Crippen molar-refractivity contribution in [2.45, 2.75) is 26.6 Å². The number of carbonyl (C=O) groups is 2. The molecule has 0 saturated carbocycles. The molecule has 1 aliphatic heterocycles. The fraction of sp³-hybridized carbons (Fsp3) is 0.375. The third-order valence-electron chi connectivity index (χ3n) is 6.15. The summed E-state index contributed by atoms with van der Waals surface area (Å²) >= 11 is 0. The van der Waals surface area contributed by atoms with Crippen LogP contribution in [0.5, 0.6) is 0 Å². The maximum Gasteiger partial charge on any atom is 0.416 e. The monoisotopic (exact) mass is 501 g/mol. The topological polar surface area (TPSA) is 96.2 Å². The number of likely N-dealkylation sites (N-methyl/N-ethyl adjacent to an activating group) is 1. The maximum absolute atomic E-state index is 12.9. The molecule has 1 fully saturated rings. The van der Waals surface area contributed by atoms with E-state index >= 15 is 0 Å². The molecule has 190 valence electrons. The zero-order valence-electron chi connectivity index (χ0n) is 19.9. The Morgan fingerprint density at radius 3 is 2.31 bits per heavy atom. The van der Waals surface area contributed by atoms with Crippen molar-refractivity contribution in [1.29, 1.82) is 0 Å². The maximum atomic E-state index is 12.9. The molecule has 1 aromatic carbocycles. The Balaban J connectivity index is 1.37. The normalized spacial score (nSPS) is 14.6. The minimum atomic E-state index is -4.44. The number of nitrogens with one attached hydrogen (secondary N) is 1. The number of carbonyl (C=O) groups excluding carboxylic acids is 2. The van der Waals surface area contributed by atoms with Crippen molar-refractivity contribution in [3.05, 3.63) is 70.8 Å². The third kappa shape index (κ3) is 5.70. The lowest BCUT2D eigenvalue weighted by atomic mass is 10.2. The second-order valence-corrected chi connectivity index (χ2v) is 8.49. The number of anilines is 1. The molecule has 0 bridgehead atoms. The number of benzene rings is 1. The summed E-state index contributed by atoms with van der Waals surface area (Å²) in [4.78, 5) is 33.5. The summed E-state index contributed by atoms with van der Waals surface area (Å²) in [5.74, 6) is -0.683. The molecule has 0 aliphatic carbocycles. The van der Waals surface area contributed by atoms with E-state index in [1.807, 2.05) is 0 Å². The molecule has 0 unspecified atom stereocenters. The highest BCUT2D eigenvalue weighted by atomic mass is 19.4. The Hall–Kier alpha value is -3.80. The molecule has 1 saturated heterocycles. The minimum Gasteiger partial charge on any atom is -0.335 e. The van der Waals surface area contributed by atoms with Crippen molar-refractivity contribution in [3.8, 4) is 0 Å².